The number of thiophene rings is 1. The van der Waals surface area contributed by atoms with Gasteiger partial charge in [-0.15, -0.1) is 11.3 Å². The van der Waals surface area contributed by atoms with E-state index in [0.717, 1.165) is 10.4 Å². The number of hydrogen-bond donors (Lipinski definition) is 2. The highest BCUT2D eigenvalue weighted by atomic mass is 32.1. The maximum atomic E-state index is 11.5. The number of carbonyl (C=O) groups excluding carboxylic acids is 2. The number of carboxylic acid groups (broad SMARTS) is 1. The third-order valence-electron chi connectivity index (χ3n) is 3.29. The molecule has 0 unspecified atom stereocenters. The molecular weight excluding hydrogens is 280 g/mol. The number of nitrogens with one attached hydrogen (secondary N) is 1. The van der Waals surface area contributed by atoms with Crippen molar-refractivity contribution in [2.45, 2.75) is 33.2 Å². The minimum Gasteiger partial charge on any atom is -0.478 e. The van der Waals surface area contributed by atoms with E-state index in [-0.39, 0.29) is 17.4 Å². The van der Waals surface area contributed by atoms with Gasteiger partial charge in [0, 0.05) is 24.8 Å². The quantitative estimate of drug-likeness (QED) is 0.888. The summed E-state index contributed by atoms with van der Waals surface area (Å²) in [6.07, 6.45) is 0.802. The molecule has 2 heterocycles. The van der Waals surface area contributed by atoms with Crippen LogP contribution in [-0.2, 0) is 22.6 Å². The van der Waals surface area contributed by atoms with Crippen LogP contribution in [0.1, 0.15) is 41.1 Å². The number of hydrogen-bond acceptors (Lipinski definition) is 4. The largest absolute Gasteiger partial charge is 0.478 e. The van der Waals surface area contributed by atoms with Crippen LogP contribution in [0.3, 0.4) is 0 Å². The lowest BCUT2D eigenvalue weighted by Gasteiger charge is -2.25. The molecular formula is C13H16N2O4S. The number of rotatable bonds is 3. The number of carbonyl (C=O) groups is 3. The van der Waals surface area contributed by atoms with Gasteiger partial charge in [-0.25, -0.2) is 4.79 Å². The van der Waals surface area contributed by atoms with Gasteiger partial charge in [0.1, 0.15) is 5.00 Å². The summed E-state index contributed by atoms with van der Waals surface area (Å²) in [5, 5.41) is 12.4. The zero-order chi connectivity index (χ0) is 14.9. The fourth-order valence-corrected chi connectivity index (χ4v) is 3.47. The summed E-state index contributed by atoms with van der Waals surface area (Å²) in [5.41, 5.74) is 0.918. The molecule has 0 saturated carbocycles. The summed E-state index contributed by atoms with van der Waals surface area (Å²) < 4.78 is 0. The minimum atomic E-state index is -1.04. The number of fused-ring (bicyclic) bond motifs is 1. The zero-order valence-corrected chi connectivity index (χ0v) is 12.2. The van der Waals surface area contributed by atoms with Crippen molar-refractivity contribution in [1.82, 2.24) is 4.90 Å². The van der Waals surface area contributed by atoms with Gasteiger partial charge in [-0.3, -0.25) is 9.59 Å². The second kappa shape index (κ2) is 5.62. The van der Waals surface area contributed by atoms with Crippen molar-refractivity contribution in [2.24, 2.45) is 0 Å². The Labute approximate surface area is 120 Å². The molecule has 2 amide bonds. The Bertz CT molecular complexity index is 579. The summed E-state index contributed by atoms with van der Waals surface area (Å²) in [6.45, 7) is 4.13. The summed E-state index contributed by atoms with van der Waals surface area (Å²) in [4.78, 5) is 36.8. The van der Waals surface area contributed by atoms with E-state index < -0.39 is 5.97 Å². The van der Waals surface area contributed by atoms with Crippen LogP contribution in [0.25, 0.3) is 0 Å². The molecule has 0 bridgehead atoms. The van der Waals surface area contributed by atoms with Gasteiger partial charge in [0.25, 0.3) is 0 Å². The molecule has 1 aromatic heterocycles. The first kappa shape index (κ1) is 14.5. The van der Waals surface area contributed by atoms with Crippen molar-refractivity contribution in [2.75, 3.05) is 11.9 Å². The molecule has 6 nitrogen and oxygen atoms in total. The topological polar surface area (TPSA) is 86.7 Å². The smallest absolute Gasteiger partial charge is 0.339 e. The molecule has 0 aliphatic carbocycles. The fourth-order valence-electron chi connectivity index (χ4n) is 2.20. The van der Waals surface area contributed by atoms with Crippen LogP contribution in [0.5, 0.6) is 0 Å². The molecule has 0 atom stereocenters. The molecule has 2 rings (SSSR count). The van der Waals surface area contributed by atoms with Crippen molar-refractivity contribution in [1.29, 1.82) is 0 Å². The summed E-state index contributed by atoms with van der Waals surface area (Å²) in [5.74, 6) is -1.28. The van der Waals surface area contributed by atoms with E-state index in [1.807, 2.05) is 0 Å². The Morgan fingerprint density at radius 1 is 1.40 bits per heavy atom. The van der Waals surface area contributed by atoms with Crippen molar-refractivity contribution in [3.63, 3.8) is 0 Å². The number of nitrogens with zero attached hydrogens (tertiary/aromatic N) is 1. The van der Waals surface area contributed by atoms with Gasteiger partial charge in [0.05, 0.1) is 12.1 Å². The maximum Gasteiger partial charge on any atom is 0.339 e. The highest BCUT2D eigenvalue weighted by Gasteiger charge is 2.29. The monoisotopic (exact) mass is 296 g/mol. The standard InChI is InChI=1S/C13H16N2O4S/c1-3-10(17)14-12-11(13(18)19)8-4-5-15(7(2)16)6-9(8)20-12/h3-6H2,1-2H3,(H,14,17)(H,18,19). The first-order valence-corrected chi connectivity index (χ1v) is 7.18. The Balaban J connectivity index is 2.38. The molecule has 2 N–H and O–H groups in total. The van der Waals surface area contributed by atoms with Gasteiger partial charge < -0.3 is 15.3 Å². The summed E-state index contributed by atoms with van der Waals surface area (Å²) in [7, 11) is 0. The zero-order valence-electron chi connectivity index (χ0n) is 11.4. The predicted octanol–water partition coefficient (Wildman–Crippen LogP) is 1.70. The summed E-state index contributed by atoms with van der Waals surface area (Å²) in [6, 6.07) is 0. The number of amides is 2. The van der Waals surface area contributed by atoms with Gasteiger partial charge in [-0.2, -0.15) is 0 Å². The molecule has 0 spiro atoms. The number of carboxylic acids is 1. The molecule has 0 aromatic carbocycles. The lowest BCUT2D eigenvalue weighted by Crippen LogP contribution is -2.33. The first-order chi connectivity index (χ1) is 9.43. The highest BCUT2D eigenvalue weighted by Crippen LogP contribution is 2.37. The van der Waals surface area contributed by atoms with Crippen LogP contribution in [0.4, 0.5) is 5.00 Å². The van der Waals surface area contributed by atoms with Gasteiger partial charge in [0.2, 0.25) is 11.8 Å². The highest BCUT2D eigenvalue weighted by molar-refractivity contribution is 7.17. The first-order valence-electron chi connectivity index (χ1n) is 6.37. The van der Waals surface area contributed by atoms with Crippen molar-refractivity contribution in [3.8, 4) is 0 Å². The van der Waals surface area contributed by atoms with E-state index in [2.05, 4.69) is 5.32 Å². The van der Waals surface area contributed by atoms with E-state index in [9.17, 15) is 19.5 Å². The minimum absolute atomic E-state index is 0.0277. The van der Waals surface area contributed by atoms with Gasteiger partial charge in [-0.05, 0) is 12.0 Å². The molecule has 20 heavy (non-hydrogen) atoms. The molecule has 1 aliphatic rings. The van der Waals surface area contributed by atoms with E-state index in [1.54, 1.807) is 11.8 Å². The third-order valence-corrected chi connectivity index (χ3v) is 4.42. The third kappa shape index (κ3) is 2.67. The van der Waals surface area contributed by atoms with Crippen LogP contribution in [0.15, 0.2) is 0 Å². The van der Waals surface area contributed by atoms with Crippen molar-refractivity contribution in [3.05, 3.63) is 16.0 Å². The second-order valence-corrected chi connectivity index (χ2v) is 5.71. The van der Waals surface area contributed by atoms with Gasteiger partial charge in [0.15, 0.2) is 0 Å². The predicted molar refractivity (Wildman–Crippen MR) is 75.0 cm³/mol. The second-order valence-electron chi connectivity index (χ2n) is 4.61. The Morgan fingerprint density at radius 2 is 2.10 bits per heavy atom. The molecule has 1 aliphatic heterocycles. The molecule has 0 fully saturated rings. The average Bonchev–Trinajstić information content (AvgIpc) is 2.74. The van der Waals surface area contributed by atoms with E-state index in [0.29, 0.717) is 30.9 Å². The van der Waals surface area contributed by atoms with Crippen LogP contribution in [0, 0.1) is 0 Å². The Kier molecular flexibility index (Phi) is 4.08. The van der Waals surface area contributed by atoms with E-state index >= 15 is 0 Å². The lowest BCUT2D eigenvalue weighted by molar-refractivity contribution is -0.129. The number of aromatic carboxylic acids is 1. The molecule has 1 aromatic rings. The summed E-state index contributed by atoms with van der Waals surface area (Å²) >= 11 is 1.25. The fraction of sp³-hybridized carbons (Fsp3) is 0.462. The van der Waals surface area contributed by atoms with E-state index in [1.165, 1.54) is 18.3 Å². The molecule has 0 saturated heterocycles. The SMILES string of the molecule is CCC(=O)Nc1sc2c(c1C(=O)O)CCN(C(C)=O)C2. The van der Waals surface area contributed by atoms with Crippen molar-refractivity contribution < 1.29 is 19.5 Å². The average molecular weight is 296 g/mol. The Hall–Kier alpha value is -1.89. The van der Waals surface area contributed by atoms with Crippen LogP contribution in [0.2, 0.25) is 0 Å². The maximum absolute atomic E-state index is 11.5. The molecule has 108 valence electrons. The normalized spacial score (nSPS) is 13.8. The molecule has 0 radical (unpaired) electrons. The van der Waals surface area contributed by atoms with E-state index in [4.69, 9.17) is 0 Å². The van der Waals surface area contributed by atoms with Gasteiger partial charge >= 0.3 is 5.97 Å². The Morgan fingerprint density at radius 3 is 2.65 bits per heavy atom. The van der Waals surface area contributed by atoms with Gasteiger partial charge in [-0.1, -0.05) is 6.92 Å². The molecule has 7 heteroatoms. The van der Waals surface area contributed by atoms with Crippen LogP contribution in [-0.4, -0.2) is 34.3 Å². The number of anilines is 1. The van der Waals surface area contributed by atoms with Crippen molar-refractivity contribution >= 4 is 34.1 Å². The lowest BCUT2D eigenvalue weighted by atomic mass is 10.0. The van der Waals surface area contributed by atoms with Crippen LogP contribution < -0.4 is 5.32 Å². The van der Waals surface area contributed by atoms with Crippen LogP contribution >= 0.6 is 11.3 Å².